The average molecular weight is 426 g/mol. The number of likely N-dealkylation sites (N-methyl/N-ethyl adjacent to an activating group) is 2. The third-order valence-corrected chi connectivity index (χ3v) is 5.33. The summed E-state index contributed by atoms with van der Waals surface area (Å²) in [7, 11) is -4.94. The fraction of sp³-hybridized carbons (Fsp3) is 0.357. The quantitative estimate of drug-likeness (QED) is 0.706. The molecule has 0 spiro atoms. The van der Waals surface area contributed by atoms with E-state index in [4.69, 9.17) is 11.6 Å². The van der Waals surface area contributed by atoms with Crippen LogP contribution in [0.4, 0.5) is 18.9 Å². The Labute approximate surface area is 158 Å². The Kier molecular flexibility index (Phi) is 6.12. The predicted octanol–water partition coefficient (Wildman–Crippen LogP) is 2.06. The van der Waals surface area contributed by atoms with Gasteiger partial charge >= 0.3 is 15.5 Å². The Hall–Kier alpha value is -2.18. The molecule has 0 bridgehead atoms. The number of anilines is 1. The highest BCUT2D eigenvalue weighted by atomic mass is 35.5. The normalized spacial score (nSPS) is 12.4. The van der Waals surface area contributed by atoms with Crippen molar-refractivity contribution in [3.05, 3.63) is 35.9 Å². The van der Waals surface area contributed by atoms with E-state index in [2.05, 4.69) is 10.1 Å². The van der Waals surface area contributed by atoms with E-state index < -0.39 is 28.0 Å². The van der Waals surface area contributed by atoms with E-state index in [-0.39, 0.29) is 21.7 Å². The predicted molar refractivity (Wildman–Crippen MR) is 92.0 cm³/mol. The highest BCUT2D eigenvalue weighted by molar-refractivity contribution is 7.90. The van der Waals surface area contributed by atoms with Crippen molar-refractivity contribution in [2.75, 3.05) is 25.0 Å². The van der Waals surface area contributed by atoms with Gasteiger partial charge in [-0.05, 0) is 19.1 Å². The smallest absolute Gasteiger partial charge is 0.307 e. The minimum absolute atomic E-state index is 0.0389. The Morgan fingerprint density at radius 1 is 1.37 bits per heavy atom. The van der Waals surface area contributed by atoms with Crippen LogP contribution in [-0.2, 0) is 14.8 Å². The number of nitrogens with zero attached hydrogens (tertiary/aromatic N) is 5. The first-order valence-corrected chi connectivity index (χ1v) is 9.29. The molecule has 0 aromatic carbocycles. The maximum absolute atomic E-state index is 12.6. The van der Waals surface area contributed by atoms with Crippen LogP contribution in [0, 0.1) is 0 Å². The van der Waals surface area contributed by atoms with Crippen molar-refractivity contribution in [1.29, 1.82) is 0 Å². The summed E-state index contributed by atoms with van der Waals surface area (Å²) in [5.41, 5.74) is -4.82. The largest absolute Gasteiger partial charge is 0.511 e. The molecular weight excluding hydrogens is 411 g/mol. The molecule has 0 N–H and O–H groups in total. The number of pyridine rings is 1. The molecule has 2 rings (SSSR count). The van der Waals surface area contributed by atoms with Crippen molar-refractivity contribution >= 4 is 33.2 Å². The van der Waals surface area contributed by atoms with Gasteiger partial charge < -0.3 is 4.90 Å². The van der Waals surface area contributed by atoms with Crippen molar-refractivity contribution in [3.8, 4) is 5.69 Å². The monoisotopic (exact) mass is 425 g/mol. The van der Waals surface area contributed by atoms with Crippen molar-refractivity contribution in [3.63, 3.8) is 0 Å². The second kappa shape index (κ2) is 7.82. The minimum atomic E-state index is -5.62. The molecule has 0 aliphatic heterocycles. The van der Waals surface area contributed by atoms with Crippen LogP contribution in [0.25, 0.3) is 5.69 Å². The average Bonchev–Trinajstić information content (AvgIpc) is 2.97. The van der Waals surface area contributed by atoms with E-state index in [0.717, 1.165) is 4.90 Å². The van der Waals surface area contributed by atoms with E-state index in [1.807, 2.05) is 0 Å². The third-order valence-electron chi connectivity index (χ3n) is 3.53. The summed E-state index contributed by atoms with van der Waals surface area (Å²) in [6.45, 7) is 0.592. The molecule has 0 atom stereocenters. The van der Waals surface area contributed by atoms with Crippen LogP contribution in [0.15, 0.2) is 30.7 Å². The summed E-state index contributed by atoms with van der Waals surface area (Å²) in [5, 5.41) is 3.96. The van der Waals surface area contributed by atoms with Crippen LogP contribution >= 0.6 is 11.6 Å². The number of hydrogen-bond donors (Lipinski definition) is 0. The highest BCUT2D eigenvalue weighted by Crippen LogP contribution is 2.28. The van der Waals surface area contributed by atoms with Gasteiger partial charge in [0.1, 0.15) is 5.69 Å². The van der Waals surface area contributed by atoms with E-state index in [0.29, 0.717) is 12.7 Å². The molecule has 0 saturated carbocycles. The van der Waals surface area contributed by atoms with Gasteiger partial charge in [-0.3, -0.25) is 9.78 Å². The van der Waals surface area contributed by atoms with Crippen LogP contribution in [-0.4, -0.2) is 59.0 Å². The molecule has 13 heteroatoms. The van der Waals surface area contributed by atoms with Gasteiger partial charge in [0.25, 0.3) is 0 Å². The van der Waals surface area contributed by atoms with Crippen molar-refractivity contribution in [2.45, 2.75) is 12.4 Å². The van der Waals surface area contributed by atoms with Crippen molar-refractivity contribution < 1.29 is 26.4 Å². The van der Waals surface area contributed by atoms with Crippen molar-refractivity contribution in [2.24, 2.45) is 0 Å². The summed E-state index contributed by atoms with van der Waals surface area (Å²) in [6.07, 6.45) is 4.45. The summed E-state index contributed by atoms with van der Waals surface area (Å²) in [4.78, 5) is 17.4. The Balaban J connectivity index is 2.27. The third kappa shape index (κ3) is 4.39. The van der Waals surface area contributed by atoms with Crippen LogP contribution < -0.4 is 4.90 Å². The molecule has 0 unspecified atom stereocenters. The first-order chi connectivity index (χ1) is 12.5. The van der Waals surface area contributed by atoms with Gasteiger partial charge in [0, 0.05) is 19.8 Å². The van der Waals surface area contributed by atoms with Gasteiger partial charge in [-0.25, -0.2) is 13.1 Å². The number of carbonyl (C=O) groups excluding carboxylic acids is 1. The number of aromatic nitrogens is 3. The molecule has 2 aromatic rings. The van der Waals surface area contributed by atoms with E-state index in [1.165, 1.54) is 17.1 Å². The number of rotatable bonds is 6. The van der Waals surface area contributed by atoms with Gasteiger partial charge in [0.15, 0.2) is 5.15 Å². The molecule has 1 amide bonds. The molecule has 0 aliphatic carbocycles. The number of hydrogen-bond acceptors (Lipinski definition) is 5. The summed E-state index contributed by atoms with van der Waals surface area (Å²) in [5.74, 6) is -0.888. The molecular formula is C14H15ClF3N5O3S. The first kappa shape index (κ1) is 21.1. The summed E-state index contributed by atoms with van der Waals surface area (Å²) >= 11 is 6.05. The van der Waals surface area contributed by atoms with Gasteiger partial charge in [0.2, 0.25) is 5.91 Å². The van der Waals surface area contributed by atoms with E-state index in [9.17, 15) is 26.4 Å². The summed E-state index contributed by atoms with van der Waals surface area (Å²) in [6, 6.07) is 3.34. The second-order valence-electron chi connectivity index (χ2n) is 5.31. The van der Waals surface area contributed by atoms with Crippen LogP contribution in [0.2, 0.25) is 5.15 Å². The number of carbonyl (C=O) groups is 1. The Morgan fingerprint density at radius 2 is 2.04 bits per heavy atom. The molecule has 2 aromatic heterocycles. The molecule has 148 valence electrons. The number of alkyl halides is 3. The first-order valence-electron chi connectivity index (χ1n) is 7.47. The fourth-order valence-corrected chi connectivity index (χ4v) is 3.03. The standard InChI is InChI=1S/C14H15ClF3N5O3S/c1-3-22(12(24)9-21(2)27(25,26)14(16,17)18)11-8-23(20-13(11)15)10-5-4-6-19-7-10/h4-8H,3,9H2,1-2H3. The van der Waals surface area contributed by atoms with Gasteiger partial charge in [0.05, 0.1) is 24.6 Å². The zero-order valence-corrected chi connectivity index (χ0v) is 15.8. The van der Waals surface area contributed by atoms with E-state index >= 15 is 0 Å². The molecule has 8 nitrogen and oxygen atoms in total. The number of halogens is 4. The number of sulfonamides is 1. The fourth-order valence-electron chi connectivity index (χ4n) is 2.16. The van der Waals surface area contributed by atoms with Crippen LogP contribution in [0.3, 0.4) is 0 Å². The molecule has 0 fully saturated rings. The zero-order chi connectivity index (χ0) is 20.4. The van der Waals surface area contributed by atoms with Crippen LogP contribution in [0.5, 0.6) is 0 Å². The lowest BCUT2D eigenvalue weighted by Crippen LogP contribution is -2.45. The maximum Gasteiger partial charge on any atom is 0.511 e. The highest BCUT2D eigenvalue weighted by Gasteiger charge is 2.49. The van der Waals surface area contributed by atoms with Crippen LogP contribution in [0.1, 0.15) is 6.92 Å². The number of amides is 1. The van der Waals surface area contributed by atoms with Crippen molar-refractivity contribution in [1.82, 2.24) is 19.1 Å². The topological polar surface area (TPSA) is 88.4 Å². The van der Waals surface area contributed by atoms with Gasteiger partial charge in [-0.1, -0.05) is 11.6 Å². The SMILES string of the molecule is CCN(C(=O)CN(C)S(=O)(=O)C(F)(F)F)c1cn(-c2cccnc2)nc1Cl. The molecule has 0 aliphatic rings. The maximum atomic E-state index is 12.6. The molecule has 2 heterocycles. The molecule has 0 saturated heterocycles. The Morgan fingerprint density at radius 3 is 2.56 bits per heavy atom. The molecule has 27 heavy (non-hydrogen) atoms. The van der Waals surface area contributed by atoms with Gasteiger partial charge in [-0.2, -0.15) is 22.6 Å². The molecule has 0 radical (unpaired) electrons. The minimum Gasteiger partial charge on any atom is -0.307 e. The lowest BCUT2D eigenvalue weighted by molar-refractivity contribution is -0.118. The van der Waals surface area contributed by atoms with E-state index in [1.54, 1.807) is 25.3 Å². The van der Waals surface area contributed by atoms with Gasteiger partial charge in [-0.15, -0.1) is 0 Å². The second-order valence-corrected chi connectivity index (χ2v) is 7.70. The summed E-state index contributed by atoms with van der Waals surface area (Å²) < 4.78 is 61.8. The Bertz CT molecular complexity index is 918. The zero-order valence-electron chi connectivity index (χ0n) is 14.2. The lowest BCUT2D eigenvalue weighted by Gasteiger charge is -2.23. The lowest BCUT2D eigenvalue weighted by atomic mass is 10.4.